The van der Waals surface area contributed by atoms with Crippen molar-refractivity contribution in [2.45, 2.75) is 58.0 Å². The Kier molecular flexibility index (Phi) is 5.36. The molecule has 1 N–H and O–H groups in total. The van der Waals surface area contributed by atoms with E-state index in [1.54, 1.807) is 13.4 Å². The number of ether oxygens (including phenoxy) is 1. The maximum Gasteiger partial charge on any atom is 0.270 e. The Balaban J connectivity index is 1.12. The van der Waals surface area contributed by atoms with Gasteiger partial charge in [-0.25, -0.2) is 9.97 Å². The number of hydrogen-bond acceptors (Lipinski definition) is 5. The zero-order valence-corrected chi connectivity index (χ0v) is 19.6. The van der Waals surface area contributed by atoms with Gasteiger partial charge in [-0.3, -0.25) is 9.69 Å². The average molecular weight is 447 g/mol. The van der Waals surface area contributed by atoms with E-state index in [0.717, 1.165) is 67.4 Å². The van der Waals surface area contributed by atoms with E-state index in [0.29, 0.717) is 11.1 Å². The molecule has 0 radical (unpaired) electrons. The summed E-state index contributed by atoms with van der Waals surface area (Å²) in [5, 5.41) is 3.31. The van der Waals surface area contributed by atoms with Crippen LogP contribution in [0.25, 0.3) is 0 Å². The van der Waals surface area contributed by atoms with Gasteiger partial charge in [0.15, 0.2) is 0 Å². The van der Waals surface area contributed by atoms with E-state index >= 15 is 0 Å². The fourth-order valence-corrected chi connectivity index (χ4v) is 7.63. The van der Waals surface area contributed by atoms with Gasteiger partial charge < -0.3 is 10.1 Å². The minimum Gasteiger partial charge on any atom is -0.497 e. The summed E-state index contributed by atoms with van der Waals surface area (Å²) in [6.45, 7) is 3.29. The summed E-state index contributed by atoms with van der Waals surface area (Å²) in [6, 6.07) is 8.21. The first-order valence-electron chi connectivity index (χ1n) is 12.6. The maximum atomic E-state index is 13.2. The van der Waals surface area contributed by atoms with Gasteiger partial charge in [0, 0.05) is 31.7 Å². The number of nitrogens with zero attached hydrogens (tertiary/aromatic N) is 3. The molecule has 4 bridgehead atoms. The van der Waals surface area contributed by atoms with E-state index in [9.17, 15) is 4.79 Å². The summed E-state index contributed by atoms with van der Waals surface area (Å²) in [7, 11) is 1.70. The third-order valence-electron chi connectivity index (χ3n) is 8.63. The van der Waals surface area contributed by atoms with Crippen LogP contribution in [0, 0.1) is 23.2 Å². The number of nitrogens with one attached hydrogen (secondary N) is 1. The van der Waals surface area contributed by atoms with Gasteiger partial charge in [0.25, 0.3) is 5.91 Å². The molecule has 6 heteroatoms. The standard InChI is InChI=1S/C27H34N4O2/c1-33-22-4-2-3-18(10-22)14-31-6-5-23-24(15-31)29-17-30-25(23)26(32)28-16-27-11-19-7-20(12-27)9-21(8-19)13-27/h2-4,10,17,19-21H,5-9,11-16H2,1H3,(H,28,32). The van der Waals surface area contributed by atoms with Crippen molar-refractivity contribution in [3.63, 3.8) is 0 Å². The fraction of sp³-hybridized carbons (Fsp3) is 0.593. The van der Waals surface area contributed by atoms with Gasteiger partial charge in [0.1, 0.15) is 17.8 Å². The Hall–Kier alpha value is -2.47. The van der Waals surface area contributed by atoms with E-state index in [1.165, 1.54) is 44.1 Å². The van der Waals surface area contributed by atoms with Gasteiger partial charge in [-0.1, -0.05) is 12.1 Å². The van der Waals surface area contributed by atoms with Crippen LogP contribution in [0.15, 0.2) is 30.6 Å². The number of methoxy groups -OCH3 is 1. The van der Waals surface area contributed by atoms with Crippen LogP contribution in [-0.2, 0) is 19.5 Å². The number of carbonyl (C=O) groups is 1. The highest BCUT2D eigenvalue weighted by molar-refractivity contribution is 5.94. The van der Waals surface area contributed by atoms with E-state index in [-0.39, 0.29) is 5.91 Å². The molecule has 1 amide bonds. The van der Waals surface area contributed by atoms with Gasteiger partial charge in [-0.05, 0) is 85.8 Å². The molecular weight excluding hydrogens is 412 g/mol. The lowest BCUT2D eigenvalue weighted by Crippen LogP contribution is -2.51. The third kappa shape index (κ3) is 4.14. The van der Waals surface area contributed by atoms with Crippen molar-refractivity contribution in [3.05, 3.63) is 53.1 Å². The lowest BCUT2D eigenvalue weighted by molar-refractivity contribution is -0.0503. The Bertz CT molecular complexity index is 1020. The normalized spacial score (nSPS) is 30.2. The number of aromatic nitrogens is 2. The first kappa shape index (κ1) is 21.1. The topological polar surface area (TPSA) is 67.3 Å². The van der Waals surface area contributed by atoms with Crippen molar-refractivity contribution < 1.29 is 9.53 Å². The molecule has 0 atom stereocenters. The molecular formula is C27H34N4O2. The van der Waals surface area contributed by atoms with Crippen LogP contribution in [-0.4, -0.2) is 41.0 Å². The highest BCUT2D eigenvalue weighted by Gasteiger charge is 2.50. The molecule has 0 unspecified atom stereocenters. The predicted molar refractivity (Wildman–Crippen MR) is 126 cm³/mol. The molecule has 4 saturated carbocycles. The van der Waals surface area contributed by atoms with Crippen LogP contribution in [0.1, 0.15) is 65.8 Å². The number of amides is 1. The first-order valence-corrected chi connectivity index (χ1v) is 12.6. The van der Waals surface area contributed by atoms with Crippen LogP contribution >= 0.6 is 0 Å². The van der Waals surface area contributed by atoms with Crippen molar-refractivity contribution in [1.29, 1.82) is 0 Å². The number of hydrogen-bond donors (Lipinski definition) is 1. The Morgan fingerprint density at radius 3 is 2.64 bits per heavy atom. The monoisotopic (exact) mass is 446 g/mol. The predicted octanol–water partition coefficient (Wildman–Crippen LogP) is 3.99. The van der Waals surface area contributed by atoms with Crippen molar-refractivity contribution in [2.24, 2.45) is 23.2 Å². The SMILES string of the molecule is COc1cccc(CN2CCc3c(ncnc3C(=O)NCC34CC5CC(CC(C5)C3)C4)C2)c1. The highest BCUT2D eigenvalue weighted by atomic mass is 16.5. The molecule has 174 valence electrons. The second-order valence-electron chi connectivity index (χ2n) is 11.1. The molecule has 0 saturated heterocycles. The summed E-state index contributed by atoms with van der Waals surface area (Å²) < 4.78 is 5.36. The van der Waals surface area contributed by atoms with E-state index in [1.807, 2.05) is 12.1 Å². The summed E-state index contributed by atoms with van der Waals surface area (Å²) in [5.74, 6) is 3.57. The fourth-order valence-electron chi connectivity index (χ4n) is 7.63. The lowest BCUT2D eigenvalue weighted by Gasteiger charge is -2.56. The van der Waals surface area contributed by atoms with Gasteiger partial charge in [-0.15, -0.1) is 0 Å². The number of benzene rings is 1. The molecule has 33 heavy (non-hydrogen) atoms. The van der Waals surface area contributed by atoms with Crippen LogP contribution in [0.2, 0.25) is 0 Å². The van der Waals surface area contributed by atoms with Crippen LogP contribution in [0.5, 0.6) is 5.75 Å². The second kappa shape index (κ2) is 8.39. The summed E-state index contributed by atoms with van der Waals surface area (Å²) in [5.41, 5.74) is 4.16. The molecule has 1 aromatic heterocycles. The Labute approximate surface area is 196 Å². The number of rotatable bonds is 6. The van der Waals surface area contributed by atoms with Crippen molar-refractivity contribution in [1.82, 2.24) is 20.2 Å². The average Bonchev–Trinajstić information content (AvgIpc) is 2.81. The third-order valence-corrected chi connectivity index (χ3v) is 8.63. The van der Waals surface area contributed by atoms with E-state index in [2.05, 4.69) is 32.3 Å². The summed E-state index contributed by atoms with van der Waals surface area (Å²) in [6.07, 6.45) is 10.6. The zero-order valence-electron chi connectivity index (χ0n) is 19.6. The highest BCUT2D eigenvalue weighted by Crippen LogP contribution is 2.59. The number of carbonyl (C=O) groups excluding carboxylic acids is 1. The quantitative estimate of drug-likeness (QED) is 0.727. The van der Waals surface area contributed by atoms with E-state index < -0.39 is 0 Å². The minimum absolute atomic E-state index is 0.00867. The smallest absolute Gasteiger partial charge is 0.270 e. The molecule has 1 aromatic carbocycles. The minimum atomic E-state index is -0.00867. The molecule has 4 aliphatic carbocycles. The van der Waals surface area contributed by atoms with E-state index in [4.69, 9.17) is 4.74 Å². The van der Waals surface area contributed by atoms with Crippen LogP contribution in [0.4, 0.5) is 0 Å². The van der Waals surface area contributed by atoms with Gasteiger partial charge in [-0.2, -0.15) is 0 Å². The molecule has 4 fully saturated rings. The van der Waals surface area contributed by atoms with Crippen molar-refractivity contribution in [2.75, 3.05) is 20.2 Å². The van der Waals surface area contributed by atoms with Crippen LogP contribution < -0.4 is 10.1 Å². The molecule has 0 spiro atoms. The van der Waals surface area contributed by atoms with Crippen molar-refractivity contribution >= 4 is 5.91 Å². The second-order valence-corrected chi connectivity index (χ2v) is 11.1. The van der Waals surface area contributed by atoms with Crippen molar-refractivity contribution in [3.8, 4) is 5.75 Å². The molecule has 1 aliphatic heterocycles. The van der Waals surface area contributed by atoms with Crippen LogP contribution in [0.3, 0.4) is 0 Å². The molecule has 7 rings (SSSR count). The molecule has 2 aromatic rings. The first-order chi connectivity index (χ1) is 16.1. The van der Waals surface area contributed by atoms with Gasteiger partial charge in [0.05, 0.1) is 12.8 Å². The zero-order chi connectivity index (χ0) is 22.4. The lowest BCUT2D eigenvalue weighted by atomic mass is 9.49. The Morgan fingerprint density at radius 1 is 1.15 bits per heavy atom. The summed E-state index contributed by atoms with van der Waals surface area (Å²) in [4.78, 5) is 24.6. The molecule has 5 aliphatic rings. The molecule has 6 nitrogen and oxygen atoms in total. The largest absolute Gasteiger partial charge is 0.497 e. The number of fused-ring (bicyclic) bond motifs is 1. The van der Waals surface area contributed by atoms with Gasteiger partial charge in [0.2, 0.25) is 0 Å². The maximum absolute atomic E-state index is 13.2. The molecule has 2 heterocycles. The summed E-state index contributed by atoms with van der Waals surface area (Å²) >= 11 is 0. The Morgan fingerprint density at radius 2 is 1.91 bits per heavy atom. The van der Waals surface area contributed by atoms with Gasteiger partial charge >= 0.3 is 0 Å².